The summed E-state index contributed by atoms with van der Waals surface area (Å²) in [5.41, 5.74) is 2.64. The molecule has 4 heteroatoms. The maximum absolute atomic E-state index is 11.6. The number of nitrogens with zero attached hydrogens (tertiary/aromatic N) is 1. The first kappa shape index (κ1) is 14.4. The van der Waals surface area contributed by atoms with Crippen molar-refractivity contribution in [2.75, 3.05) is 27.3 Å². The van der Waals surface area contributed by atoms with E-state index < -0.39 is 0 Å². The highest BCUT2D eigenvalue weighted by molar-refractivity contribution is 5.67. The van der Waals surface area contributed by atoms with Crippen LogP contribution in [-0.4, -0.2) is 38.3 Å². The van der Waals surface area contributed by atoms with E-state index in [1.54, 1.807) is 18.1 Å². The molecule has 0 saturated carbocycles. The third-order valence-corrected chi connectivity index (χ3v) is 3.81. The van der Waals surface area contributed by atoms with Gasteiger partial charge in [0, 0.05) is 13.1 Å². The molecule has 0 spiro atoms. The van der Waals surface area contributed by atoms with Gasteiger partial charge < -0.3 is 14.4 Å². The van der Waals surface area contributed by atoms with Crippen LogP contribution in [0.3, 0.4) is 0 Å². The second-order valence-electron chi connectivity index (χ2n) is 4.92. The highest BCUT2D eigenvalue weighted by Gasteiger charge is 2.29. The van der Waals surface area contributed by atoms with Crippen LogP contribution in [-0.2, 0) is 11.2 Å². The van der Waals surface area contributed by atoms with Crippen molar-refractivity contribution >= 4 is 6.09 Å². The zero-order chi connectivity index (χ0) is 14.5. The van der Waals surface area contributed by atoms with Crippen molar-refractivity contribution in [2.45, 2.75) is 18.8 Å². The lowest BCUT2D eigenvalue weighted by molar-refractivity contribution is 0.126. The lowest BCUT2D eigenvalue weighted by Crippen LogP contribution is -2.34. The lowest BCUT2D eigenvalue weighted by atomic mass is 9.75. The molecule has 0 bridgehead atoms. The van der Waals surface area contributed by atoms with Crippen molar-refractivity contribution in [3.8, 4) is 5.75 Å². The first-order chi connectivity index (χ1) is 9.71. The molecule has 0 saturated heterocycles. The zero-order valence-corrected chi connectivity index (χ0v) is 12.1. The molecule has 4 nitrogen and oxygen atoms in total. The third kappa shape index (κ3) is 2.79. The molecule has 1 unspecified atom stereocenters. The van der Waals surface area contributed by atoms with Gasteiger partial charge in [0.1, 0.15) is 5.75 Å². The van der Waals surface area contributed by atoms with E-state index in [4.69, 9.17) is 9.47 Å². The van der Waals surface area contributed by atoms with E-state index in [1.807, 2.05) is 12.1 Å². The quantitative estimate of drug-likeness (QED) is 0.749. The standard InChI is InChI=1S/C16H21NO3/c1-4-9-17(16(18)20-3)10-8-12-11-14-13(12)6-5-7-15(14)19-2/h4-7,12H,1,8-11H2,2-3H3. The lowest BCUT2D eigenvalue weighted by Gasteiger charge is -2.33. The molecule has 1 aromatic carbocycles. The molecule has 1 aromatic rings. The molecule has 0 fully saturated rings. The van der Waals surface area contributed by atoms with Gasteiger partial charge in [-0.05, 0) is 36.0 Å². The number of fused-ring (bicyclic) bond motifs is 1. The maximum Gasteiger partial charge on any atom is 0.409 e. The first-order valence-electron chi connectivity index (χ1n) is 6.80. The number of methoxy groups -OCH3 is 2. The normalized spacial score (nSPS) is 15.8. The number of carbonyl (C=O) groups excluding carboxylic acids is 1. The highest BCUT2D eigenvalue weighted by atomic mass is 16.5. The fourth-order valence-electron chi connectivity index (χ4n) is 2.71. The molecule has 20 heavy (non-hydrogen) atoms. The van der Waals surface area contributed by atoms with Crippen LogP contribution in [0.25, 0.3) is 0 Å². The van der Waals surface area contributed by atoms with E-state index in [-0.39, 0.29) is 6.09 Å². The first-order valence-corrected chi connectivity index (χ1v) is 6.80. The Bertz CT molecular complexity index is 498. The number of rotatable bonds is 6. The number of amides is 1. The van der Waals surface area contributed by atoms with Gasteiger partial charge in [0.2, 0.25) is 0 Å². The summed E-state index contributed by atoms with van der Waals surface area (Å²) >= 11 is 0. The molecule has 108 valence electrons. The molecule has 0 aromatic heterocycles. The minimum Gasteiger partial charge on any atom is -0.496 e. The van der Waals surface area contributed by atoms with Crippen LogP contribution in [0.5, 0.6) is 5.75 Å². The average molecular weight is 275 g/mol. The van der Waals surface area contributed by atoms with Crippen LogP contribution < -0.4 is 4.74 Å². The molecule has 0 radical (unpaired) electrons. The van der Waals surface area contributed by atoms with E-state index >= 15 is 0 Å². The summed E-state index contributed by atoms with van der Waals surface area (Å²) in [6.07, 6.45) is 3.37. The van der Waals surface area contributed by atoms with Gasteiger partial charge in [0.25, 0.3) is 0 Å². The van der Waals surface area contributed by atoms with Crippen LogP contribution in [0.1, 0.15) is 23.5 Å². The minimum absolute atomic E-state index is 0.296. The monoisotopic (exact) mass is 275 g/mol. The summed E-state index contributed by atoms with van der Waals surface area (Å²) in [7, 11) is 3.11. The number of ether oxygens (including phenoxy) is 2. The van der Waals surface area contributed by atoms with E-state index in [2.05, 4.69) is 12.6 Å². The Morgan fingerprint density at radius 3 is 2.95 bits per heavy atom. The Morgan fingerprint density at radius 1 is 1.50 bits per heavy atom. The van der Waals surface area contributed by atoms with Gasteiger partial charge in [-0.15, -0.1) is 6.58 Å². The SMILES string of the molecule is C=CCN(CCC1Cc2c(OC)cccc21)C(=O)OC. The average Bonchev–Trinajstić information content (AvgIpc) is 2.45. The summed E-state index contributed by atoms with van der Waals surface area (Å²) in [5.74, 6) is 1.46. The molecule has 1 aliphatic carbocycles. The molecule has 2 rings (SSSR count). The van der Waals surface area contributed by atoms with Crippen molar-refractivity contribution < 1.29 is 14.3 Å². The molecule has 1 aliphatic rings. The van der Waals surface area contributed by atoms with Crippen molar-refractivity contribution in [3.63, 3.8) is 0 Å². The van der Waals surface area contributed by atoms with Gasteiger partial charge in [-0.25, -0.2) is 4.79 Å². The zero-order valence-electron chi connectivity index (χ0n) is 12.1. The van der Waals surface area contributed by atoms with E-state index in [9.17, 15) is 4.79 Å². The van der Waals surface area contributed by atoms with Crippen LogP contribution in [0.2, 0.25) is 0 Å². The summed E-state index contributed by atoms with van der Waals surface area (Å²) in [6.45, 7) is 4.87. The molecule has 0 N–H and O–H groups in total. The van der Waals surface area contributed by atoms with Crippen LogP contribution in [0.4, 0.5) is 4.79 Å². The molecule has 0 aliphatic heterocycles. The molecular formula is C16H21NO3. The van der Waals surface area contributed by atoms with Crippen LogP contribution in [0.15, 0.2) is 30.9 Å². The Morgan fingerprint density at radius 2 is 2.30 bits per heavy atom. The third-order valence-electron chi connectivity index (χ3n) is 3.81. The summed E-state index contributed by atoms with van der Waals surface area (Å²) < 4.78 is 10.1. The molecule has 1 atom stereocenters. The second-order valence-corrected chi connectivity index (χ2v) is 4.92. The summed E-state index contributed by atoms with van der Waals surface area (Å²) in [6, 6.07) is 6.15. The van der Waals surface area contributed by atoms with Gasteiger partial charge >= 0.3 is 6.09 Å². The number of hydrogen-bond acceptors (Lipinski definition) is 3. The smallest absolute Gasteiger partial charge is 0.409 e. The number of benzene rings is 1. The Kier molecular flexibility index (Phi) is 4.66. The van der Waals surface area contributed by atoms with E-state index in [1.165, 1.54) is 18.2 Å². The number of hydrogen-bond donors (Lipinski definition) is 0. The molecule has 1 amide bonds. The van der Waals surface area contributed by atoms with Gasteiger partial charge in [-0.1, -0.05) is 18.2 Å². The molecule has 0 heterocycles. The maximum atomic E-state index is 11.6. The highest BCUT2D eigenvalue weighted by Crippen LogP contribution is 2.42. The topological polar surface area (TPSA) is 38.8 Å². The van der Waals surface area contributed by atoms with E-state index in [0.717, 1.165) is 18.6 Å². The summed E-state index contributed by atoms with van der Waals surface area (Å²) in [4.78, 5) is 13.3. The fraction of sp³-hybridized carbons (Fsp3) is 0.438. The van der Waals surface area contributed by atoms with Crippen molar-refractivity contribution in [3.05, 3.63) is 42.0 Å². The van der Waals surface area contributed by atoms with E-state index in [0.29, 0.717) is 19.0 Å². The Labute approximate surface area is 120 Å². The van der Waals surface area contributed by atoms with Gasteiger partial charge in [-0.2, -0.15) is 0 Å². The Hall–Kier alpha value is -1.97. The van der Waals surface area contributed by atoms with Crippen LogP contribution >= 0.6 is 0 Å². The molecular weight excluding hydrogens is 254 g/mol. The second kappa shape index (κ2) is 6.46. The fourth-order valence-corrected chi connectivity index (χ4v) is 2.71. The minimum atomic E-state index is -0.296. The van der Waals surface area contributed by atoms with Gasteiger partial charge in [0.05, 0.1) is 14.2 Å². The van der Waals surface area contributed by atoms with Crippen molar-refractivity contribution in [2.24, 2.45) is 0 Å². The van der Waals surface area contributed by atoms with Gasteiger partial charge in [0.15, 0.2) is 0 Å². The van der Waals surface area contributed by atoms with Crippen LogP contribution in [0, 0.1) is 0 Å². The summed E-state index contributed by atoms with van der Waals surface area (Å²) in [5, 5.41) is 0. The predicted molar refractivity (Wildman–Crippen MR) is 78.2 cm³/mol. The Balaban J connectivity index is 1.95. The van der Waals surface area contributed by atoms with Gasteiger partial charge in [-0.3, -0.25) is 0 Å². The number of carbonyl (C=O) groups is 1. The largest absolute Gasteiger partial charge is 0.496 e. The predicted octanol–water partition coefficient (Wildman–Crippen LogP) is 2.98. The van der Waals surface area contributed by atoms with Crippen molar-refractivity contribution in [1.82, 2.24) is 4.90 Å². The van der Waals surface area contributed by atoms with Crippen molar-refractivity contribution in [1.29, 1.82) is 0 Å².